The normalized spacial score (nSPS) is 12.1. The molecule has 0 saturated heterocycles. The maximum absolute atomic E-state index is 2.54. The standard InChI is InChI=1S/C55H37NS2/c1-33(2)34-24-27-38(28-25-34)56(49-20-11-19-45-40-14-9-10-21-50(40)58-55(45)49)54-43-17-7-5-15-41(43)53(42-16-6-8-18-44(42)54)37-26-29-51-47(31-37)48-30-36-23-22-35-12-3-4-13-39(35)46(36)32-52(48)57-51/h3-33H,1-2H3. The van der Waals surface area contributed by atoms with Gasteiger partial charge < -0.3 is 4.90 Å². The first kappa shape index (κ1) is 33.6. The Labute approximate surface area is 344 Å². The highest BCUT2D eigenvalue weighted by molar-refractivity contribution is 7.26. The molecule has 0 amide bonds. The zero-order valence-corrected chi connectivity index (χ0v) is 33.8. The van der Waals surface area contributed by atoms with Crippen LogP contribution in [-0.2, 0) is 0 Å². The van der Waals surface area contributed by atoms with Crippen molar-refractivity contribution in [1.29, 1.82) is 0 Å². The largest absolute Gasteiger partial charge is 0.308 e. The summed E-state index contributed by atoms with van der Waals surface area (Å²) in [6.45, 7) is 4.54. The molecule has 10 aromatic carbocycles. The van der Waals surface area contributed by atoms with E-state index in [-0.39, 0.29) is 0 Å². The fourth-order valence-electron chi connectivity index (χ4n) is 9.40. The first-order valence-corrected chi connectivity index (χ1v) is 21.7. The Kier molecular flexibility index (Phi) is 7.54. The van der Waals surface area contributed by atoms with E-state index in [4.69, 9.17) is 0 Å². The number of thiophene rings is 2. The van der Waals surface area contributed by atoms with Crippen LogP contribution in [0.2, 0.25) is 0 Å². The Balaban J connectivity index is 1.13. The van der Waals surface area contributed by atoms with Crippen LogP contribution in [0, 0.1) is 0 Å². The Hall–Kier alpha value is -6.52. The van der Waals surface area contributed by atoms with Crippen molar-refractivity contribution in [3.8, 4) is 11.1 Å². The molecule has 0 N–H and O–H groups in total. The lowest BCUT2D eigenvalue weighted by Gasteiger charge is -2.30. The molecule has 0 radical (unpaired) electrons. The summed E-state index contributed by atoms with van der Waals surface area (Å²) in [6, 6.07) is 68.3. The van der Waals surface area contributed by atoms with E-state index in [1.165, 1.54) is 111 Å². The van der Waals surface area contributed by atoms with E-state index in [2.05, 4.69) is 201 Å². The lowest BCUT2D eigenvalue weighted by atomic mass is 9.89. The lowest BCUT2D eigenvalue weighted by molar-refractivity contribution is 0.866. The smallest absolute Gasteiger partial charge is 0.0640 e. The van der Waals surface area contributed by atoms with Crippen LogP contribution in [0.1, 0.15) is 25.3 Å². The maximum Gasteiger partial charge on any atom is 0.0640 e. The maximum atomic E-state index is 2.54. The lowest BCUT2D eigenvalue weighted by Crippen LogP contribution is -2.12. The van der Waals surface area contributed by atoms with Gasteiger partial charge in [0.2, 0.25) is 0 Å². The van der Waals surface area contributed by atoms with Crippen molar-refractivity contribution >= 4 is 123 Å². The molecular weight excluding hydrogens is 739 g/mol. The molecule has 0 saturated carbocycles. The van der Waals surface area contributed by atoms with Crippen molar-refractivity contribution in [3.05, 3.63) is 188 Å². The van der Waals surface area contributed by atoms with Crippen LogP contribution in [0.5, 0.6) is 0 Å². The predicted octanol–water partition coefficient (Wildman–Crippen LogP) is 17.3. The minimum Gasteiger partial charge on any atom is -0.308 e. The molecule has 0 unspecified atom stereocenters. The van der Waals surface area contributed by atoms with E-state index in [1.54, 1.807) is 0 Å². The Morgan fingerprint density at radius 3 is 1.78 bits per heavy atom. The second-order valence-electron chi connectivity index (χ2n) is 15.8. The van der Waals surface area contributed by atoms with Crippen molar-refractivity contribution in [1.82, 2.24) is 0 Å². The average molecular weight is 776 g/mol. The van der Waals surface area contributed by atoms with Gasteiger partial charge in [-0.3, -0.25) is 0 Å². The third-order valence-corrected chi connectivity index (χ3v) is 14.5. The van der Waals surface area contributed by atoms with E-state index < -0.39 is 0 Å². The van der Waals surface area contributed by atoms with Gasteiger partial charge in [-0.1, -0.05) is 147 Å². The summed E-state index contributed by atoms with van der Waals surface area (Å²) in [5, 5.41) is 15.4. The Bertz CT molecular complexity index is 3550. The molecule has 0 aliphatic carbocycles. The van der Waals surface area contributed by atoms with E-state index in [9.17, 15) is 0 Å². The third kappa shape index (κ3) is 5.07. The molecule has 0 atom stereocenters. The monoisotopic (exact) mass is 775 g/mol. The molecule has 2 aromatic heterocycles. The van der Waals surface area contributed by atoms with Crippen LogP contribution in [0.15, 0.2) is 182 Å². The van der Waals surface area contributed by atoms with Crippen molar-refractivity contribution in [2.45, 2.75) is 19.8 Å². The minimum absolute atomic E-state index is 0.450. The molecule has 0 aliphatic heterocycles. The number of rotatable bonds is 5. The third-order valence-electron chi connectivity index (χ3n) is 12.2. The number of benzene rings is 10. The highest BCUT2D eigenvalue weighted by atomic mass is 32.1. The van der Waals surface area contributed by atoms with Gasteiger partial charge in [0.1, 0.15) is 0 Å². The summed E-state index contributed by atoms with van der Waals surface area (Å²) in [5.74, 6) is 0.450. The SMILES string of the molecule is CC(C)c1ccc(N(c2c3ccccc3c(-c3ccc4sc5cc6c(ccc7ccccc76)cc5c4c3)c3ccccc23)c2cccc3c2sc2ccccc23)cc1. The molecule has 12 rings (SSSR count). The second-order valence-corrected chi connectivity index (χ2v) is 18.0. The number of hydrogen-bond donors (Lipinski definition) is 0. The second kappa shape index (κ2) is 13.0. The van der Waals surface area contributed by atoms with Gasteiger partial charge in [0, 0.05) is 52.1 Å². The molecule has 0 fully saturated rings. The van der Waals surface area contributed by atoms with Gasteiger partial charge in [0.25, 0.3) is 0 Å². The summed E-state index contributed by atoms with van der Waals surface area (Å²) < 4.78 is 5.25. The van der Waals surface area contributed by atoms with Crippen molar-refractivity contribution in [3.63, 3.8) is 0 Å². The molecule has 274 valence electrons. The fraction of sp³-hybridized carbons (Fsp3) is 0.0545. The molecule has 0 spiro atoms. The van der Waals surface area contributed by atoms with Gasteiger partial charge >= 0.3 is 0 Å². The van der Waals surface area contributed by atoms with Gasteiger partial charge in [0.15, 0.2) is 0 Å². The summed E-state index contributed by atoms with van der Waals surface area (Å²) in [7, 11) is 0. The highest BCUT2D eigenvalue weighted by Crippen LogP contribution is 2.52. The molecule has 0 aliphatic rings. The van der Waals surface area contributed by atoms with Gasteiger partial charge in [-0.2, -0.15) is 0 Å². The van der Waals surface area contributed by atoms with Crippen LogP contribution in [0.25, 0.3) is 94.6 Å². The van der Waals surface area contributed by atoms with Crippen molar-refractivity contribution in [2.24, 2.45) is 0 Å². The number of nitrogens with zero attached hydrogens (tertiary/aromatic N) is 1. The zero-order chi connectivity index (χ0) is 38.5. The van der Waals surface area contributed by atoms with Crippen LogP contribution in [0.3, 0.4) is 0 Å². The molecular formula is C55H37NS2. The van der Waals surface area contributed by atoms with Crippen LogP contribution < -0.4 is 4.90 Å². The molecule has 2 heterocycles. The quantitative estimate of drug-likeness (QED) is 0.124. The molecule has 1 nitrogen and oxygen atoms in total. The van der Waals surface area contributed by atoms with E-state index >= 15 is 0 Å². The van der Waals surface area contributed by atoms with Gasteiger partial charge in [-0.15, -0.1) is 22.7 Å². The van der Waals surface area contributed by atoms with Gasteiger partial charge in [-0.25, -0.2) is 0 Å². The topological polar surface area (TPSA) is 3.24 Å². The first-order chi connectivity index (χ1) is 28.6. The molecule has 58 heavy (non-hydrogen) atoms. The summed E-state index contributed by atoms with van der Waals surface area (Å²) in [4.78, 5) is 2.54. The molecule has 3 heteroatoms. The summed E-state index contributed by atoms with van der Waals surface area (Å²) in [5.41, 5.74) is 7.42. The minimum atomic E-state index is 0.450. The molecule has 0 bridgehead atoms. The molecule has 12 aromatic rings. The van der Waals surface area contributed by atoms with E-state index in [1.807, 2.05) is 22.7 Å². The summed E-state index contributed by atoms with van der Waals surface area (Å²) >= 11 is 3.78. The van der Waals surface area contributed by atoms with Crippen molar-refractivity contribution in [2.75, 3.05) is 4.90 Å². The zero-order valence-electron chi connectivity index (χ0n) is 32.2. The average Bonchev–Trinajstić information content (AvgIpc) is 3.83. The number of hydrogen-bond acceptors (Lipinski definition) is 3. The summed E-state index contributed by atoms with van der Waals surface area (Å²) in [6.07, 6.45) is 0. The fourth-order valence-corrected chi connectivity index (χ4v) is 11.7. The first-order valence-electron chi connectivity index (χ1n) is 20.1. The van der Waals surface area contributed by atoms with Crippen LogP contribution in [-0.4, -0.2) is 0 Å². The van der Waals surface area contributed by atoms with E-state index in [0.29, 0.717) is 5.92 Å². The number of anilines is 3. The van der Waals surface area contributed by atoms with E-state index in [0.717, 1.165) is 5.69 Å². The van der Waals surface area contributed by atoms with Crippen LogP contribution in [0.4, 0.5) is 17.1 Å². The van der Waals surface area contributed by atoms with Gasteiger partial charge in [0.05, 0.1) is 16.1 Å². The number of fused-ring (bicyclic) bond motifs is 11. The highest BCUT2D eigenvalue weighted by Gasteiger charge is 2.25. The Morgan fingerprint density at radius 2 is 1.02 bits per heavy atom. The van der Waals surface area contributed by atoms with Crippen LogP contribution >= 0.6 is 22.7 Å². The van der Waals surface area contributed by atoms with Crippen molar-refractivity contribution < 1.29 is 0 Å². The predicted molar refractivity (Wildman–Crippen MR) is 256 cm³/mol. The Morgan fingerprint density at radius 1 is 0.397 bits per heavy atom. The van der Waals surface area contributed by atoms with Gasteiger partial charge in [-0.05, 0) is 103 Å².